The third-order valence-electron chi connectivity index (χ3n) is 4.09. The van der Waals surface area contributed by atoms with E-state index < -0.39 is 0 Å². The molecule has 1 aliphatic heterocycles. The number of rotatable bonds is 2. The molecule has 0 saturated carbocycles. The quantitative estimate of drug-likeness (QED) is 0.839. The van der Waals surface area contributed by atoms with Crippen molar-refractivity contribution in [3.63, 3.8) is 0 Å². The summed E-state index contributed by atoms with van der Waals surface area (Å²) in [5, 5.41) is 8.99. The Balaban J connectivity index is 1.72. The molecule has 112 valence electrons. The van der Waals surface area contributed by atoms with Crippen LogP contribution in [-0.4, -0.2) is 41.1 Å². The summed E-state index contributed by atoms with van der Waals surface area (Å²) in [6, 6.07) is 5.73. The Morgan fingerprint density at radius 3 is 2.50 bits per heavy atom. The molecule has 1 saturated heterocycles. The molecule has 0 atom stereocenters. The van der Waals surface area contributed by atoms with Gasteiger partial charge < -0.3 is 9.80 Å². The van der Waals surface area contributed by atoms with Crippen molar-refractivity contribution in [3.05, 3.63) is 41.5 Å². The van der Waals surface area contributed by atoms with E-state index in [-0.39, 0.29) is 0 Å². The van der Waals surface area contributed by atoms with Crippen molar-refractivity contribution in [2.45, 2.75) is 13.8 Å². The van der Waals surface area contributed by atoms with Crippen LogP contribution < -0.4 is 9.80 Å². The van der Waals surface area contributed by atoms with E-state index in [0.29, 0.717) is 5.56 Å². The fraction of sp³-hybridized carbons (Fsp3) is 0.375. The fourth-order valence-corrected chi connectivity index (χ4v) is 2.65. The molecule has 1 fully saturated rings. The molecule has 2 aromatic rings. The van der Waals surface area contributed by atoms with Gasteiger partial charge in [-0.1, -0.05) is 0 Å². The molecular weight excluding hydrogens is 276 g/mol. The van der Waals surface area contributed by atoms with E-state index in [0.717, 1.165) is 49.1 Å². The predicted octanol–water partition coefficient (Wildman–Crippen LogP) is 1.69. The summed E-state index contributed by atoms with van der Waals surface area (Å²) < 4.78 is 0. The zero-order chi connectivity index (χ0) is 15.5. The van der Waals surface area contributed by atoms with Gasteiger partial charge in [-0.3, -0.25) is 0 Å². The lowest BCUT2D eigenvalue weighted by molar-refractivity contribution is 0.639. The van der Waals surface area contributed by atoms with E-state index in [9.17, 15) is 0 Å². The van der Waals surface area contributed by atoms with E-state index in [1.54, 1.807) is 18.6 Å². The molecule has 0 aliphatic carbocycles. The average molecular weight is 294 g/mol. The molecule has 0 N–H and O–H groups in total. The molecule has 6 nitrogen and oxygen atoms in total. The standard InChI is InChI=1S/C16H18N6/c1-12-13(2)19-11-20-16(12)22-7-5-21(6-8-22)15-9-14(10-17)3-4-18-15/h3-4,9,11H,5-8H2,1-2H3. The van der Waals surface area contributed by atoms with Crippen molar-refractivity contribution in [1.82, 2.24) is 15.0 Å². The molecule has 0 radical (unpaired) electrons. The molecule has 3 rings (SSSR count). The molecule has 6 heteroatoms. The van der Waals surface area contributed by atoms with Gasteiger partial charge in [-0.05, 0) is 26.0 Å². The van der Waals surface area contributed by atoms with Crippen LogP contribution in [0.1, 0.15) is 16.8 Å². The lowest BCUT2D eigenvalue weighted by atomic mass is 10.2. The second-order valence-electron chi connectivity index (χ2n) is 5.40. The van der Waals surface area contributed by atoms with Crippen LogP contribution in [0.25, 0.3) is 0 Å². The number of hydrogen-bond donors (Lipinski definition) is 0. The zero-order valence-corrected chi connectivity index (χ0v) is 12.8. The van der Waals surface area contributed by atoms with Crippen LogP contribution in [0.2, 0.25) is 0 Å². The minimum absolute atomic E-state index is 0.648. The molecule has 2 aromatic heterocycles. The van der Waals surface area contributed by atoms with Gasteiger partial charge in [0.2, 0.25) is 0 Å². The minimum Gasteiger partial charge on any atom is -0.353 e. The Hall–Kier alpha value is -2.68. The predicted molar refractivity (Wildman–Crippen MR) is 84.9 cm³/mol. The Labute approximate surface area is 130 Å². The van der Waals surface area contributed by atoms with Crippen LogP contribution >= 0.6 is 0 Å². The van der Waals surface area contributed by atoms with Crippen LogP contribution in [0, 0.1) is 25.2 Å². The monoisotopic (exact) mass is 294 g/mol. The van der Waals surface area contributed by atoms with Crippen molar-refractivity contribution in [1.29, 1.82) is 5.26 Å². The highest BCUT2D eigenvalue weighted by Gasteiger charge is 2.21. The Morgan fingerprint density at radius 1 is 1.05 bits per heavy atom. The van der Waals surface area contributed by atoms with Crippen molar-refractivity contribution in [2.75, 3.05) is 36.0 Å². The first-order valence-corrected chi connectivity index (χ1v) is 7.33. The molecule has 1 aliphatic rings. The van der Waals surface area contributed by atoms with Gasteiger partial charge >= 0.3 is 0 Å². The summed E-state index contributed by atoms with van der Waals surface area (Å²) >= 11 is 0. The van der Waals surface area contributed by atoms with Crippen molar-refractivity contribution in [2.24, 2.45) is 0 Å². The number of anilines is 2. The summed E-state index contributed by atoms with van der Waals surface area (Å²) in [4.78, 5) is 17.5. The molecule has 0 unspecified atom stereocenters. The van der Waals surface area contributed by atoms with Crippen molar-refractivity contribution in [3.8, 4) is 6.07 Å². The smallest absolute Gasteiger partial charge is 0.135 e. The van der Waals surface area contributed by atoms with Gasteiger partial charge in [-0.25, -0.2) is 15.0 Å². The van der Waals surface area contributed by atoms with Gasteiger partial charge in [0, 0.05) is 43.6 Å². The molecule has 0 spiro atoms. The number of aryl methyl sites for hydroxylation is 1. The normalized spacial score (nSPS) is 14.8. The van der Waals surface area contributed by atoms with E-state index in [2.05, 4.69) is 37.7 Å². The third-order valence-corrected chi connectivity index (χ3v) is 4.09. The molecule has 3 heterocycles. The van der Waals surface area contributed by atoms with Crippen molar-refractivity contribution < 1.29 is 0 Å². The summed E-state index contributed by atoms with van der Waals surface area (Å²) in [5.74, 6) is 1.89. The van der Waals surface area contributed by atoms with E-state index >= 15 is 0 Å². The summed E-state index contributed by atoms with van der Waals surface area (Å²) in [6.07, 6.45) is 3.32. The Bertz CT molecular complexity index is 713. The minimum atomic E-state index is 0.648. The molecule has 0 aromatic carbocycles. The van der Waals surface area contributed by atoms with E-state index in [1.807, 2.05) is 13.0 Å². The molecule has 22 heavy (non-hydrogen) atoms. The van der Waals surface area contributed by atoms with Gasteiger partial charge in [0.25, 0.3) is 0 Å². The van der Waals surface area contributed by atoms with Crippen LogP contribution in [-0.2, 0) is 0 Å². The van der Waals surface area contributed by atoms with Gasteiger partial charge in [0.1, 0.15) is 18.0 Å². The lowest BCUT2D eigenvalue weighted by Gasteiger charge is -2.36. The number of hydrogen-bond acceptors (Lipinski definition) is 6. The number of pyridine rings is 1. The molecule has 0 amide bonds. The van der Waals surface area contributed by atoms with Crippen LogP contribution in [0.4, 0.5) is 11.6 Å². The number of nitrogens with zero attached hydrogens (tertiary/aromatic N) is 6. The first-order valence-electron chi connectivity index (χ1n) is 7.33. The topological polar surface area (TPSA) is 68.9 Å². The summed E-state index contributed by atoms with van der Waals surface area (Å²) in [6.45, 7) is 7.57. The highest BCUT2D eigenvalue weighted by molar-refractivity contribution is 5.51. The zero-order valence-electron chi connectivity index (χ0n) is 12.8. The average Bonchev–Trinajstić information content (AvgIpc) is 2.58. The van der Waals surface area contributed by atoms with Gasteiger partial charge in [0.15, 0.2) is 0 Å². The van der Waals surface area contributed by atoms with E-state index in [4.69, 9.17) is 5.26 Å². The molecular formula is C16H18N6. The fourth-order valence-electron chi connectivity index (χ4n) is 2.65. The largest absolute Gasteiger partial charge is 0.353 e. The van der Waals surface area contributed by atoms with Crippen LogP contribution in [0.3, 0.4) is 0 Å². The lowest BCUT2D eigenvalue weighted by Crippen LogP contribution is -2.47. The second kappa shape index (κ2) is 5.98. The highest BCUT2D eigenvalue weighted by atomic mass is 15.3. The Morgan fingerprint density at radius 2 is 1.77 bits per heavy atom. The first-order chi connectivity index (χ1) is 10.7. The molecule has 0 bridgehead atoms. The van der Waals surface area contributed by atoms with Crippen LogP contribution in [0.15, 0.2) is 24.7 Å². The number of aromatic nitrogens is 3. The maximum absolute atomic E-state index is 8.99. The van der Waals surface area contributed by atoms with Crippen LogP contribution in [0.5, 0.6) is 0 Å². The second-order valence-corrected chi connectivity index (χ2v) is 5.40. The third kappa shape index (κ3) is 2.70. The van der Waals surface area contributed by atoms with Crippen molar-refractivity contribution >= 4 is 11.6 Å². The SMILES string of the molecule is Cc1ncnc(N2CCN(c3cc(C#N)ccn3)CC2)c1C. The maximum atomic E-state index is 8.99. The van der Waals surface area contributed by atoms with Gasteiger partial charge in [0.05, 0.1) is 11.6 Å². The maximum Gasteiger partial charge on any atom is 0.135 e. The summed E-state index contributed by atoms with van der Waals surface area (Å²) in [5.41, 5.74) is 2.81. The number of piperazine rings is 1. The van der Waals surface area contributed by atoms with Gasteiger partial charge in [-0.15, -0.1) is 0 Å². The highest BCUT2D eigenvalue weighted by Crippen LogP contribution is 2.21. The van der Waals surface area contributed by atoms with E-state index in [1.165, 1.54) is 0 Å². The number of nitriles is 1. The Kier molecular flexibility index (Phi) is 3.88. The summed E-state index contributed by atoms with van der Waals surface area (Å²) in [7, 11) is 0. The first kappa shape index (κ1) is 14.3. The van der Waals surface area contributed by atoms with Gasteiger partial charge in [-0.2, -0.15) is 5.26 Å².